The number of amides is 1. The minimum Gasteiger partial charge on any atom is -0.340 e. The van der Waals surface area contributed by atoms with Crippen LogP contribution >= 0.6 is 22.7 Å². The predicted octanol–water partition coefficient (Wildman–Crippen LogP) is 4.38. The van der Waals surface area contributed by atoms with E-state index in [4.69, 9.17) is 4.98 Å². The van der Waals surface area contributed by atoms with Gasteiger partial charge < -0.3 is 4.90 Å². The van der Waals surface area contributed by atoms with Crippen molar-refractivity contribution in [2.24, 2.45) is 5.41 Å². The fourth-order valence-electron chi connectivity index (χ4n) is 5.01. The van der Waals surface area contributed by atoms with E-state index in [1.165, 1.54) is 20.3 Å². The molecule has 0 bridgehead atoms. The molecular formula is C23H27N3O3S3. The molecule has 3 heterocycles. The van der Waals surface area contributed by atoms with Crippen molar-refractivity contribution < 1.29 is 13.2 Å². The second-order valence-corrected chi connectivity index (χ2v) is 13.1. The van der Waals surface area contributed by atoms with Gasteiger partial charge in [-0.1, -0.05) is 31.0 Å². The van der Waals surface area contributed by atoms with Crippen molar-refractivity contribution in [2.75, 3.05) is 26.2 Å². The van der Waals surface area contributed by atoms with Crippen LogP contribution in [0.15, 0.2) is 46.0 Å². The maximum Gasteiger partial charge on any atom is 0.252 e. The number of aromatic nitrogens is 1. The van der Waals surface area contributed by atoms with Crippen LogP contribution in [0.1, 0.15) is 37.1 Å². The number of fused-ring (bicyclic) bond motifs is 1. The summed E-state index contributed by atoms with van der Waals surface area (Å²) in [6, 6.07) is 11.6. The van der Waals surface area contributed by atoms with E-state index in [9.17, 15) is 13.2 Å². The molecule has 1 saturated carbocycles. The molecule has 0 radical (unpaired) electrons. The number of thiophene rings is 1. The van der Waals surface area contributed by atoms with E-state index in [-0.39, 0.29) is 11.3 Å². The highest BCUT2D eigenvalue weighted by Crippen LogP contribution is 2.45. The third-order valence-electron chi connectivity index (χ3n) is 6.74. The Morgan fingerprint density at radius 1 is 1.03 bits per heavy atom. The summed E-state index contributed by atoms with van der Waals surface area (Å²) in [6.45, 7) is 1.63. The highest BCUT2D eigenvalue weighted by atomic mass is 32.2. The average Bonchev–Trinajstić information content (AvgIpc) is 3.55. The van der Waals surface area contributed by atoms with Gasteiger partial charge in [-0.25, -0.2) is 13.4 Å². The molecule has 2 fully saturated rings. The van der Waals surface area contributed by atoms with Crippen LogP contribution in [0.3, 0.4) is 0 Å². The lowest BCUT2D eigenvalue weighted by molar-refractivity contribution is -0.134. The van der Waals surface area contributed by atoms with Crippen LogP contribution in [0.2, 0.25) is 0 Å². The smallest absolute Gasteiger partial charge is 0.252 e. The Labute approximate surface area is 196 Å². The molecule has 2 aliphatic rings. The topological polar surface area (TPSA) is 70.6 Å². The van der Waals surface area contributed by atoms with E-state index >= 15 is 0 Å². The average molecular weight is 490 g/mol. The van der Waals surface area contributed by atoms with Gasteiger partial charge in [-0.05, 0) is 41.8 Å². The Kier molecular flexibility index (Phi) is 6.09. The normalized spacial score (nSPS) is 19.6. The molecule has 1 aromatic carbocycles. The quantitative estimate of drug-likeness (QED) is 0.515. The lowest BCUT2D eigenvalue weighted by Gasteiger charge is -2.36. The van der Waals surface area contributed by atoms with Crippen molar-refractivity contribution in [1.82, 2.24) is 14.2 Å². The summed E-state index contributed by atoms with van der Waals surface area (Å²) in [5.41, 5.74) is 1.01. The van der Waals surface area contributed by atoms with Gasteiger partial charge in [0.1, 0.15) is 4.21 Å². The summed E-state index contributed by atoms with van der Waals surface area (Å²) in [7, 11) is -3.45. The maximum atomic E-state index is 13.2. The first-order valence-corrected chi connectivity index (χ1v) is 14.2. The van der Waals surface area contributed by atoms with E-state index in [2.05, 4.69) is 6.07 Å². The van der Waals surface area contributed by atoms with E-state index in [0.29, 0.717) is 36.8 Å². The van der Waals surface area contributed by atoms with Crippen LogP contribution < -0.4 is 0 Å². The summed E-state index contributed by atoms with van der Waals surface area (Å²) in [6.07, 6.45) is 5.81. The SMILES string of the molecule is O=C(CC1(Cc2nc3ccccc3s2)CCCC1)N1CCN(S(=O)(=O)c2cccs2)CC1. The summed E-state index contributed by atoms with van der Waals surface area (Å²) < 4.78 is 28.6. The van der Waals surface area contributed by atoms with Crippen LogP contribution in [0.4, 0.5) is 0 Å². The van der Waals surface area contributed by atoms with Crippen LogP contribution in [0.5, 0.6) is 0 Å². The molecule has 1 amide bonds. The molecule has 0 spiro atoms. The van der Waals surface area contributed by atoms with E-state index in [0.717, 1.165) is 42.6 Å². The molecule has 1 saturated heterocycles. The molecular weight excluding hydrogens is 462 g/mol. The first-order chi connectivity index (χ1) is 15.5. The van der Waals surface area contributed by atoms with Crippen molar-refractivity contribution in [2.45, 2.75) is 42.7 Å². The third-order valence-corrected chi connectivity index (χ3v) is 11.0. The van der Waals surface area contributed by atoms with Gasteiger partial charge >= 0.3 is 0 Å². The van der Waals surface area contributed by atoms with Gasteiger partial charge in [-0.3, -0.25) is 4.79 Å². The van der Waals surface area contributed by atoms with Gasteiger partial charge in [0, 0.05) is 39.0 Å². The number of sulfonamides is 1. The molecule has 1 aliphatic carbocycles. The lowest BCUT2D eigenvalue weighted by Crippen LogP contribution is -2.51. The number of piperazine rings is 1. The molecule has 0 N–H and O–H groups in total. The summed E-state index contributed by atoms with van der Waals surface area (Å²) in [5, 5.41) is 2.90. The van der Waals surface area contributed by atoms with Gasteiger partial charge in [-0.2, -0.15) is 4.31 Å². The summed E-state index contributed by atoms with van der Waals surface area (Å²) in [5.74, 6) is 0.154. The number of para-hydroxylation sites is 1. The first kappa shape index (κ1) is 22.0. The number of nitrogens with zero attached hydrogens (tertiary/aromatic N) is 3. The van der Waals surface area contributed by atoms with Crippen molar-refractivity contribution in [3.63, 3.8) is 0 Å². The number of carbonyl (C=O) groups excluding carboxylic acids is 1. The van der Waals surface area contributed by atoms with Crippen LogP contribution in [0, 0.1) is 5.41 Å². The van der Waals surface area contributed by atoms with Crippen LogP contribution in [0.25, 0.3) is 10.2 Å². The second-order valence-electron chi connectivity index (χ2n) is 8.85. The van der Waals surface area contributed by atoms with Crippen LogP contribution in [-0.2, 0) is 21.2 Å². The lowest BCUT2D eigenvalue weighted by atomic mass is 9.79. The Morgan fingerprint density at radius 2 is 1.78 bits per heavy atom. The zero-order chi connectivity index (χ0) is 22.2. The third kappa shape index (κ3) is 4.35. The molecule has 2 aromatic heterocycles. The van der Waals surface area contributed by atoms with Crippen molar-refractivity contribution in [3.05, 3.63) is 46.8 Å². The fraction of sp³-hybridized carbons (Fsp3) is 0.478. The van der Waals surface area contributed by atoms with Gasteiger partial charge in [0.05, 0.1) is 15.2 Å². The largest absolute Gasteiger partial charge is 0.340 e. The zero-order valence-electron chi connectivity index (χ0n) is 17.9. The monoisotopic (exact) mass is 489 g/mol. The Bertz CT molecular complexity index is 1160. The van der Waals surface area contributed by atoms with Crippen LogP contribution in [-0.4, -0.2) is 54.7 Å². The highest BCUT2D eigenvalue weighted by molar-refractivity contribution is 7.91. The van der Waals surface area contributed by atoms with Gasteiger partial charge in [-0.15, -0.1) is 22.7 Å². The second kappa shape index (κ2) is 8.85. The molecule has 0 unspecified atom stereocenters. The Balaban J connectivity index is 1.24. The summed E-state index contributed by atoms with van der Waals surface area (Å²) in [4.78, 5) is 19.9. The van der Waals surface area contributed by atoms with E-state index in [1.807, 2.05) is 23.1 Å². The van der Waals surface area contributed by atoms with Crippen molar-refractivity contribution >= 4 is 48.8 Å². The predicted molar refractivity (Wildman–Crippen MR) is 128 cm³/mol. The zero-order valence-corrected chi connectivity index (χ0v) is 20.4. The summed E-state index contributed by atoms with van der Waals surface area (Å²) >= 11 is 2.98. The number of rotatable bonds is 6. The van der Waals surface area contributed by atoms with E-state index < -0.39 is 10.0 Å². The molecule has 1 aliphatic heterocycles. The number of hydrogen-bond acceptors (Lipinski definition) is 6. The molecule has 170 valence electrons. The molecule has 5 rings (SSSR count). The van der Waals surface area contributed by atoms with Crippen molar-refractivity contribution in [3.8, 4) is 0 Å². The minimum absolute atomic E-state index is 0.0227. The number of hydrogen-bond donors (Lipinski definition) is 0. The van der Waals surface area contributed by atoms with Gasteiger partial charge in [0.2, 0.25) is 5.91 Å². The number of carbonyl (C=O) groups is 1. The van der Waals surface area contributed by atoms with Gasteiger partial charge in [0.15, 0.2) is 0 Å². The standard InChI is InChI=1S/C23H27N3O3S3/c27-21(25-11-13-26(14-12-25)32(28,29)22-8-5-15-30-22)17-23(9-3-4-10-23)16-20-24-18-6-1-2-7-19(18)31-20/h1-2,5-8,15H,3-4,9-14,16-17H2. The molecule has 9 heteroatoms. The molecule has 3 aromatic rings. The highest BCUT2D eigenvalue weighted by Gasteiger charge is 2.39. The van der Waals surface area contributed by atoms with E-state index in [1.54, 1.807) is 28.8 Å². The number of benzene rings is 1. The number of thiazole rings is 1. The minimum atomic E-state index is -3.45. The fourth-order valence-corrected chi connectivity index (χ4v) is 8.71. The molecule has 0 atom stereocenters. The Hall–Kier alpha value is -1.81. The first-order valence-electron chi connectivity index (χ1n) is 11.1. The maximum absolute atomic E-state index is 13.2. The van der Waals surface area contributed by atoms with Gasteiger partial charge in [0.25, 0.3) is 10.0 Å². The molecule has 6 nitrogen and oxygen atoms in total. The molecule has 32 heavy (non-hydrogen) atoms. The van der Waals surface area contributed by atoms with Crippen molar-refractivity contribution in [1.29, 1.82) is 0 Å². The Morgan fingerprint density at radius 3 is 2.47 bits per heavy atom.